The van der Waals surface area contributed by atoms with Gasteiger partial charge in [-0.05, 0) is 12.8 Å². The molecule has 0 atom stereocenters. The topological polar surface area (TPSA) is 52.0 Å². The van der Waals surface area contributed by atoms with Crippen molar-refractivity contribution in [2.24, 2.45) is 5.73 Å². The third-order valence-corrected chi connectivity index (χ3v) is 3.03. The first kappa shape index (κ1) is 8.75. The van der Waals surface area contributed by atoms with Crippen molar-refractivity contribution in [3.05, 3.63) is 17.8 Å². The fraction of sp³-hybridized carbons (Fsp3) is 0.700. The first-order chi connectivity index (χ1) is 6.24. The molecule has 1 aliphatic rings. The third-order valence-electron chi connectivity index (χ3n) is 3.03. The Morgan fingerprint density at radius 3 is 2.77 bits per heavy atom. The van der Waals surface area contributed by atoms with Gasteiger partial charge in [-0.2, -0.15) is 0 Å². The maximum atomic E-state index is 5.58. The number of nitrogens with zero attached hydrogens (tertiary/aromatic N) is 1. The highest BCUT2D eigenvalue weighted by atomic mass is 16.4. The molecule has 1 aromatic rings. The Hall–Kier alpha value is -0.830. The number of nitrogens with two attached hydrogens (primary N) is 1. The summed E-state index contributed by atoms with van der Waals surface area (Å²) in [6.45, 7) is 2.65. The first-order valence-corrected chi connectivity index (χ1v) is 4.90. The van der Waals surface area contributed by atoms with Crippen molar-refractivity contribution in [2.75, 3.05) is 0 Å². The maximum Gasteiger partial charge on any atom is 0.208 e. The summed E-state index contributed by atoms with van der Waals surface area (Å²) in [4.78, 5) is 4.13. The van der Waals surface area contributed by atoms with E-state index in [1.807, 2.05) is 6.20 Å². The van der Waals surface area contributed by atoms with Crippen LogP contribution in [0.15, 0.2) is 10.6 Å². The molecule has 0 spiro atoms. The second-order valence-corrected chi connectivity index (χ2v) is 4.09. The van der Waals surface area contributed by atoms with Crippen LogP contribution in [0.2, 0.25) is 0 Å². The van der Waals surface area contributed by atoms with E-state index < -0.39 is 0 Å². The molecule has 0 bridgehead atoms. The molecule has 0 radical (unpaired) electrons. The molecule has 1 heterocycles. The molecule has 1 saturated carbocycles. The van der Waals surface area contributed by atoms with Crippen LogP contribution in [0.1, 0.15) is 44.3 Å². The Labute approximate surface area is 78.3 Å². The highest BCUT2D eigenvalue weighted by Crippen LogP contribution is 2.40. The Bertz CT molecular complexity index is 287. The van der Waals surface area contributed by atoms with Crippen molar-refractivity contribution < 1.29 is 4.42 Å². The SMILES string of the molecule is CC1(c2cnc(CN)o2)CCCC1. The molecular formula is C10H16N2O. The zero-order valence-electron chi connectivity index (χ0n) is 8.05. The van der Waals surface area contributed by atoms with Crippen LogP contribution < -0.4 is 5.73 Å². The summed E-state index contributed by atoms with van der Waals surface area (Å²) in [6, 6.07) is 0. The molecule has 0 amide bonds. The lowest BCUT2D eigenvalue weighted by Gasteiger charge is -2.19. The molecule has 0 saturated heterocycles. The van der Waals surface area contributed by atoms with E-state index in [9.17, 15) is 0 Å². The van der Waals surface area contributed by atoms with E-state index in [1.54, 1.807) is 0 Å². The minimum atomic E-state index is 0.223. The summed E-state index contributed by atoms with van der Waals surface area (Å²) < 4.78 is 5.58. The Kier molecular flexibility index (Phi) is 2.12. The van der Waals surface area contributed by atoms with Crippen molar-refractivity contribution in [3.8, 4) is 0 Å². The largest absolute Gasteiger partial charge is 0.444 e. The summed E-state index contributed by atoms with van der Waals surface area (Å²) >= 11 is 0. The van der Waals surface area contributed by atoms with Crippen molar-refractivity contribution in [1.29, 1.82) is 0 Å². The quantitative estimate of drug-likeness (QED) is 0.757. The van der Waals surface area contributed by atoms with Gasteiger partial charge in [-0.25, -0.2) is 4.98 Å². The van der Waals surface area contributed by atoms with Gasteiger partial charge < -0.3 is 10.2 Å². The van der Waals surface area contributed by atoms with Crippen LogP contribution in [-0.4, -0.2) is 4.98 Å². The Balaban J connectivity index is 2.23. The van der Waals surface area contributed by atoms with Crippen molar-refractivity contribution in [1.82, 2.24) is 4.98 Å². The Morgan fingerprint density at radius 2 is 2.23 bits per heavy atom. The second kappa shape index (κ2) is 3.14. The van der Waals surface area contributed by atoms with Gasteiger partial charge >= 0.3 is 0 Å². The smallest absolute Gasteiger partial charge is 0.208 e. The lowest BCUT2D eigenvalue weighted by atomic mass is 9.87. The van der Waals surface area contributed by atoms with Crippen LogP contribution in [0.25, 0.3) is 0 Å². The van der Waals surface area contributed by atoms with Gasteiger partial charge in [-0.3, -0.25) is 0 Å². The molecule has 1 aliphatic carbocycles. The van der Waals surface area contributed by atoms with Gasteiger partial charge in [0, 0.05) is 5.41 Å². The second-order valence-electron chi connectivity index (χ2n) is 4.09. The predicted molar refractivity (Wildman–Crippen MR) is 50.2 cm³/mol. The number of rotatable bonds is 2. The molecule has 1 aromatic heterocycles. The van der Waals surface area contributed by atoms with Gasteiger partial charge in [0.05, 0.1) is 12.7 Å². The van der Waals surface area contributed by atoms with Crippen molar-refractivity contribution >= 4 is 0 Å². The van der Waals surface area contributed by atoms with Gasteiger partial charge in [0.25, 0.3) is 0 Å². The molecule has 1 fully saturated rings. The van der Waals surface area contributed by atoms with Gasteiger partial charge in [-0.1, -0.05) is 19.8 Å². The number of hydrogen-bond acceptors (Lipinski definition) is 3. The van der Waals surface area contributed by atoms with Crippen LogP contribution in [0.5, 0.6) is 0 Å². The van der Waals surface area contributed by atoms with Crippen LogP contribution in [-0.2, 0) is 12.0 Å². The molecule has 3 nitrogen and oxygen atoms in total. The van der Waals surface area contributed by atoms with Crippen LogP contribution >= 0.6 is 0 Å². The molecule has 72 valence electrons. The monoisotopic (exact) mass is 180 g/mol. The van der Waals surface area contributed by atoms with E-state index >= 15 is 0 Å². The Morgan fingerprint density at radius 1 is 1.54 bits per heavy atom. The lowest BCUT2D eigenvalue weighted by molar-refractivity contribution is 0.348. The summed E-state index contributed by atoms with van der Waals surface area (Å²) in [5.74, 6) is 1.67. The zero-order chi connectivity index (χ0) is 9.31. The van der Waals surface area contributed by atoms with Crippen LogP contribution in [0.4, 0.5) is 0 Å². The number of aromatic nitrogens is 1. The highest BCUT2D eigenvalue weighted by Gasteiger charge is 2.33. The molecule has 0 unspecified atom stereocenters. The summed E-state index contributed by atoms with van der Waals surface area (Å²) in [7, 11) is 0. The molecule has 2 N–H and O–H groups in total. The van der Waals surface area contributed by atoms with Gasteiger partial charge in [0.2, 0.25) is 5.89 Å². The third kappa shape index (κ3) is 1.48. The van der Waals surface area contributed by atoms with Crippen molar-refractivity contribution in [2.45, 2.75) is 44.6 Å². The average Bonchev–Trinajstić information content (AvgIpc) is 2.72. The molecule has 0 aliphatic heterocycles. The van der Waals surface area contributed by atoms with Crippen LogP contribution in [0, 0.1) is 0 Å². The molecule has 2 rings (SSSR count). The van der Waals surface area contributed by atoms with Gasteiger partial charge in [0.15, 0.2) is 0 Å². The summed E-state index contributed by atoms with van der Waals surface area (Å²) in [5.41, 5.74) is 5.67. The van der Waals surface area contributed by atoms with E-state index in [0.717, 1.165) is 5.76 Å². The standard InChI is InChI=1S/C10H16N2O/c1-10(4-2-3-5-10)8-7-12-9(6-11)13-8/h7H,2-6,11H2,1H3. The number of hydrogen-bond donors (Lipinski definition) is 1. The van der Waals surface area contributed by atoms with Gasteiger partial charge in [0.1, 0.15) is 5.76 Å². The van der Waals surface area contributed by atoms with Crippen LogP contribution in [0.3, 0.4) is 0 Å². The molecular weight excluding hydrogens is 164 g/mol. The van der Waals surface area contributed by atoms with Crippen molar-refractivity contribution in [3.63, 3.8) is 0 Å². The van der Waals surface area contributed by atoms with Gasteiger partial charge in [-0.15, -0.1) is 0 Å². The van der Waals surface area contributed by atoms with E-state index in [-0.39, 0.29) is 5.41 Å². The zero-order valence-corrected chi connectivity index (χ0v) is 8.05. The lowest BCUT2D eigenvalue weighted by Crippen LogP contribution is -2.15. The van der Waals surface area contributed by atoms with E-state index in [2.05, 4.69) is 11.9 Å². The molecule has 13 heavy (non-hydrogen) atoms. The molecule has 3 heteroatoms. The predicted octanol–water partition coefficient (Wildman–Crippen LogP) is 1.97. The fourth-order valence-electron chi connectivity index (χ4n) is 2.09. The van der Waals surface area contributed by atoms with E-state index in [0.29, 0.717) is 12.4 Å². The summed E-state index contributed by atoms with van der Waals surface area (Å²) in [5, 5.41) is 0. The minimum Gasteiger partial charge on any atom is -0.444 e. The van der Waals surface area contributed by atoms with E-state index in [4.69, 9.17) is 10.2 Å². The minimum absolute atomic E-state index is 0.223. The average molecular weight is 180 g/mol. The summed E-state index contributed by atoms with van der Waals surface area (Å²) in [6.07, 6.45) is 6.87. The fourth-order valence-corrected chi connectivity index (χ4v) is 2.09. The highest BCUT2D eigenvalue weighted by molar-refractivity contribution is 5.11. The molecule has 0 aromatic carbocycles. The first-order valence-electron chi connectivity index (χ1n) is 4.90. The normalized spacial score (nSPS) is 20.8. The number of oxazole rings is 1. The maximum absolute atomic E-state index is 5.58. The van der Waals surface area contributed by atoms with E-state index in [1.165, 1.54) is 25.7 Å².